The highest BCUT2D eigenvalue weighted by Gasteiger charge is 2.36. The smallest absolute Gasteiger partial charge is 0.254 e. The van der Waals surface area contributed by atoms with Crippen molar-refractivity contribution >= 4 is 5.91 Å². The van der Waals surface area contributed by atoms with E-state index in [2.05, 4.69) is 24.1 Å². The van der Waals surface area contributed by atoms with Crippen molar-refractivity contribution in [3.05, 3.63) is 35.1 Å². The Balaban J connectivity index is 2.06. The van der Waals surface area contributed by atoms with E-state index in [0.29, 0.717) is 11.5 Å². The van der Waals surface area contributed by atoms with Crippen molar-refractivity contribution in [2.45, 2.75) is 25.8 Å². The summed E-state index contributed by atoms with van der Waals surface area (Å²) in [5.41, 5.74) is 0.484. The van der Waals surface area contributed by atoms with Crippen LogP contribution < -0.4 is 5.32 Å². The highest BCUT2D eigenvalue weighted by Crippen LogP contribution is 2.33. The molecular formula is C15H16FNO2. The van der Waals surface area contributed by atoms with Crippen LogP contribution in [0.1, 0.15) is 35.7 Å². The van der Waals surface area contributed by atoms with E-state index in [0.717, 1.165) is 12.8 Å². The monoisotopic (exact) mass is 261 g/mol. The van der Waals surface area contributed by atoms with Crippen molar-refractivity contribution in [1.82, 2.24) is 5.32 Å². The first kappa shape index (κ1) is 13.6. The molecule has 2 rings (SSSR count). The summed E-state index contributed by atoms with van der Waals surface area (Å²) in [6, 6.07) is 4.40. The molecule has 1 amide bonds. The second-order valence-corrected chi connectivity index (χ2v) is 4.64. The molecule has 0 radical (unpaired) electrons. The number of hydrogen-bond donors (Lipinski definition) is 2. The van der Waals surface area contributed by atoms with E-state index in [1.807, 2.05) is 0 Å². The number of amides is 1. The molecule has 0 aromatic heterocycles. The van der Waals surface area contributed by atoms with Crippen molar-refractivity contribution in [1.29, 1.82) is 0 Å². The zero-order chi connectivity index (χ0) is 13.8. The van der Waals surface area contributed by atoms with Gasteiger partial charge in [0.25, 0.3) is 5.91 Å². The molecule has 1 aromatic carbocycles. The number of aliphatic hydroxyl groups excluding tert-OH is 1. The van der Waals surface area contributed by atoms with Gasteiger partial charge in [-0.3, -0.25) is 4.79 Å². The second-order valence-electron chi connectivity index (χ2n) is 4.64. The Labute approximate surface area is 111 Å². The molecule has 1 saturated carbocycles. The van der Waals surface area contributed by atoms with E-state index in [-0.39, 0.29) is 24.1 Å². The third-order valence-corrected chi connectivity index (χ3v) is 3.29. The maximum Gasteiger partial charge on any atom is 0.254 e. The van der Waals surface area contributed by atoms with E-state index in [1.54, 1.807) is 6.07 Å². The quantitative estimate of drug-likeness (QED) is 0.814. The van der Waals surface area contributed by atoms with Crippen molar-refractivity contribution in [2.75, 3.05) is 6.61 Å². The van der Waals surface area contributed by atoms with E-state index in [4.69, 9.17) is 5.11 Å². The zero-order valence-corrected chi connectivity index (χ0v) is 10.7. The number of aliphatic hydroxyl groups is 1. The summed E-state index contributed by atoms with van der Waals surface area (Å²) in [5, 5.41) is 11.4. The highest BCUT2D eigenvalue weighted by atomic mass is 19.1. The molecule has 0 bridgehead atoms. The third kappa shape index (κ3) is 3.33. The summed E-state index contributed by atoms with van der Waals surface area (Å²) in [4.78, 5) is 11.9. The lowest BCUT2D eigenvalue weighted by atomic mass is 10.1. The molecule has 4 heteroatoms. The van der Waals surface area contributed by atoms with E-state index < -0.39 is 5.82 Å². The molecule has 1 aliphatic carbocycles. The van der Waals surface area contributed by atoms with Crippen LogP contribution >= 0.6 is 0 Å². The molecule has 0 spiro atoms. The summed E-state index contributed by atoms with van der Waals surface area (Å²) in [7, 11) is 0. The Morgan fingerprint density at radius 3 is 2.95 bits per heavy atom. The van der Waals surface area contributed by atoms with Crippen molar-refractivity contribution in [3.63, 3.8) is 0 Å². The standard InChI is InChI=1S/C15H16FNO2/c1-2-11-9-14(11)17-15(19)12-6-5-10(4-3-7-18)8-13(12)16/h5-6,8,11,14,18H,2,7,9H2,1H3,(H,17,19). The first-order chi connectivity index (χ1) is 9.15. The van der Waals surface area contributed by atoms with Crippen molar-refractivity contribution < 1.29 is 14.3 Å². The van der Waals surface area contributed by atoms with Gasteiger partial charge in [0, 0.05) is 11.6 Å². The summed E-state index contributed by atoms with van der Waals surface area (Å²) in [5.74, 6) is 4.60. The zero-order valence-electron chi connectivity index (χ0n) is 10.7. The topological polar surface area (TPSA) is 49.3 Å². The fourth-order valence-electron chi connectivity index (χ4n) is 2.04. The van der Waals surface area contributed by atoms with Gasteiger partial charge in [-0.2, -0.15) is 0 Å². The minimum Gasteiger partial charge on any atom is -0.384 e. The van der Waals surface area contributed by atoms with Crippen LogP contribution in [0.5, 0.6) is 0 Å². The summed E-state index contributed by atoms with van der Waals surface area (Å²) >= 11 is 0. The predicted octanol–water partition coefficient (Wildman–Crippen LogP) is 1.70. The van der Waals surface area contributed by atoms with Crippen LogP contribution in [0, 0.1) is 23.6 Å². The molecule has 1 aliphatic rings. The number of benzene rings is 1. The van der Waals surface area contributed by atoms with Gasteiger partial charge in [-0.15, -0.1) is 0 Å². The van der Waals surface area contributed by atoms with E-state index in [9.17, 15) is 9.18 Å². The maximum atomic E-state index is 13.8. The van der Waals surface area contributed by atoms with Gasteiger partial charge in [-0.05, 0) is 30.5 Å². The van der Waals surface area contributed by atoms with Gasteiger partial charge in [-0.1, -0.05) is 25.2 Å². The van der Waals surface area contributed by atoms with Crippen LogP contribution in [0.15, 0.2) is 18.2 Å². The lowest BCUT2D eigenvalue weighted by Crippen LogP contribution is -2.27. The van der Waals surface area contributed by atoms with Gasteiger partial charge >= 0.3 is 0 Å². The number of halogens is 1. The van der Waals surface area contributed by atoms with E-state index >= 15 is 0 Å². The van der Waals surface area contributed by atoms with Gasteiger partial charge < -0.3 is 10.4 Å². The van der Waals surface area contributed by atoms with Crippen LogP contribution in [0.4, 0.5) is 4.39 Å². The normalized spacial score (nSPS) is 20.4. The van der Waals surface area contributed by atoms with Crippen molar-refractivity contribution in [3.8, 4) is 11.8 Å². The van der Waals surface area contributed by atoms with Crippen LogP contribution in [-0.4, -0.2) is 23.7 Å². The second kappa shape index (κ2) is 5.85. The number of nitrogens with one attached hydrogen (secondary N) is 1. The minimum atomic E-state index is -0.587. The average Bonchev–Trinajstić information content (AvgIpc) is 3.14. The number of rotatable bonds is 3. The fraction of sp³-hybridized carbons (Fsp3) is 0.400. The first-order valence-electron chi connectivity index (χ1n) is 6.35. The lowest BCUT2D eigenvalue weighted by Gasteiger charge is -2.05. The summed E-state index contributed by atoms with van der Waals surface area (Å²) < 4.78 is 13.8. The molecule has 3 nitrogen and oxygen atoms in total. The van der Waals surface area contributed by atoms with Gasteiger partial charge in [0.1, 0.15) is 12.4 Å². The van der Waals surface area contributed by atoms with Crippen molar-refractivity contribution in [2.24, 2.45) is 5.92 Å². The molecule has 1 fully saturated rings. The Kier molecular flexibility index (Phi) is 4.18. The average molecular weight is 261 g/mol. The summed E-state index contributed by atoms with van der Waals surface area (Å²) in [6.07, 6.45) is 2.01. The first-order valence-corrected chi connectivity index (χ1v) is 6.35. The van der Waals surface area contributed by atoms with Crippen LogP contribution in [-0.2, 0) is 0 Å². The van der Waals surface area contributed by atoms with Gasteiger partial charge in [-0.25, -0.2) is 4.39 Å². The summed E-state index contributed by atoms with van der Waals surface area (Å²) in [6.45, 7) is 1.80. The Bertz CT molecular complexity index is 545. The molecule has 19 heavy (non-hydrogen) atoms. The predicted molar refractivity (Wildman–Crippen MR) is 70.0 cm³/mol. The molecule has 0 heterocycles. The Morgan fingerprint density at radius 2 is 2.37 bits per heavy atom. The SMILES string of the molecule is CCC1CC1NC(=O)c1ccc(C#CCO)cc1F. The molecule has 2 unspecified atom stereocenters. The molecule has 2 N–H and O–H groups in total. The fourth-order valence-corrected chi connectivity index (χ4v) is 2.04. The van der Waals surface area contributed by atoms with Gasteiger partial charge in [0.05, 0.1) is 5.56 Å². The molecular weight excluding hydrogens is 245 g/mol. The van der Waals surface area contributed by atoms with Gasteiger partial charge in [0.2, 0.25) is 0 Å². The van der Waals surface area contributed by atoms with Crippen LogP contribution in [0.3, 0.4) is 0 Å². The largest absolute Gasteiger partial charge is 0.384 e. The van der Waals surface area contributed by atoms with Gasteiger partial charge in [0.15, 0.2) is 0 Å². The Hall–Kier alpha value is -1.86. The highest BCUT2D eigenvalue weighted by molar-refractivity contribution is 5.95. The third-order valence-electron chi connectivity index (χ3n) is 3.29. The Morgan fingerprint density at radius 1 is 1.58 bits per heavy atom. The lowest BCUT2D eigenvalue weighted by molar-refractivity contribution is 0.0945. The molecule has 1 aromatic rings. The van der Waals surface area contributed by atoms with E-state index in [1.165, 1.54) is 12.1 Å². The number of hydrogen-bond acceptors (Lipinski definition) is 2. The number of carbonyl (C=O) groups is 1. The van der Waals surface area contributed by atoms with Crippen LogP contribution in [0.2, 0.25) is 0 Å². The number of carbonyl (C=O) groups excluding carboxylic acids is 1. The molecule has 100 valence electrons. The van der Waals surface area contributed by atoms with Crippen LogP contribution in [0.25, 0.3) is 0 Å². The minimum absolute atomic E-state index is 0.0382. The maximum absolute atomic E-state index is 13.8. The molecule has 0 aliphatic heterocycles. The molecule has 2 atom stereocenters. The molecule has 0 saturated heterocycles.